The van der Waals surface area contributed by atoms with Crippen molar-refractivity contribution in [1.29, 1.82) is 0 Å². The van der Waals surface area contributed by atoms with E-state index in [0.29, 0.717) is 42.6 Å². The third-order valence-electron chi connectivity index (χ3n) is 5.61. The van der Waals surface area contributed by atoms with Gasteiger partial charge in [-0.2, -0.15) is 14.1 Å². The number of anilines is 1. The van der Waals surface area contributed by atoms with Crippen LogP contribution in [-0.4, -0.2) is 58.9 Å². The van der Waals surface area contributed by atoms with Crippen molar-refractivity contribution >= 4 is 27.3 Å². The molecule has 4 rings (SSSR count). The molecule has 0 aliphatic carbocycles. The smallest absolute Gasteiger partial charge is 0.316 e. The summed E-state index contributed by atoms with van der Waals surface area (Å²) in [7, 11) is -3.34. The van der Waals surface area contributed by atoms with Gasteiger partial charge in [0.25, 0.3) is 0 Å². The molecule has 0 unspecified atom stereocenters. The van der Waals surface area contributed by atoms with Crippen LogP contribution in [0, 0.1) is 0 Å². The van der Waals surface area contributed by atoms with Crippen LogP contribution in [0.3, 0.4) is 0 Å². The first-order valence-corrected chi connectivity index (χ1v) is 12.8. The van der Waals surface area contributed by atoms with E-state index in [9.17, 15) is 13.2 Å². The lowest BCUT2D eigenvalue weighted by Gasteiger charge is -2.36. The first-order valence-electron chi connectivity index (χ1n) is 10.9. The monoisotopic (exact) mass is 503 g/mol. The van der Waals surface area contributed by atoms with Gasteiger partial charge in [0.1, 0.15) is 12.3 Å². The average Bonchev–Trinajstić information content (AvgIpc) is 2.83. The van der Waals surface area contributed by atoms with E-state index in [4.69, 9.17) is 16.3 Å². The number of benzene rings is 1. The van der Waals surface area contributed by atoms with Crippen molar-refractivity contribution in [2.24, 2.45) is 0 Å². The van der Waals surface area contributed by atoms with Crippen LogP contribution < -0.4 is 15.2 Å². The summed E-state index contributed by atoms with van der Waals surface area (Å²) in [5.74, 6) is 0.138. The number of sulfonamides is 1. The SMILES string of the molecule is CC(C)S(=O)(=O)N1CCN(c2cnn(-c3cccc(Cl)c3)c(=O)c2OCc2cccnc2)CC1. The molecule has 180 valence electrons. The summed E-state index contributed by atoms with van der Waals surface area (Å²) in [5.41, 5.74) is 1.42. The molecule has 9 nitrogen and oxygen atoms in total. The van der Waals surface area contributed by atoms with Crippen LogP contribution in [0.2, 0.25) is 5.02 Å². The molecule has 0 spiro atoms. The number of aromatic nitrogens is 3. The molecule has 3 heterocycles. The number of hydrogen-bond donors (Lipinski definition) is 0. The Morgan fingerprint density at radius 3 is 2.50 bits per heavy atom. The Morgan fingerprint density at radius 1 is 1.09 bits per heavy atom. The van der Waals surface area contributed by atoms with Crippen molar-refractivity contribution in [3.05, 3.63) is 75.9 Å². The van der Waals surface area contributed by atoms with E-state index in [2.05, 4.69) is 10.1 Å². The Labute approximate surface area is 203 Å². The highest BCUT2D eigenvalue weighted by Gasteiger charge is 2.31. The van der Waals surface area contributed by atoms with Crippen LogP contribution in [0.5, 0.6) is 5.75 Å². The minimum atomic E-state index is -3.34. The summed E-state index contributed by atoms with van der Waals surface area (Å²) in [4.78, 5) is 19.5. The molecule has 0 N–H and O–H groups in total. The Morgan fingerprint density at radius 2 is 1.85 bits per heavy atom. The molecular formula is C23H26ClN5O4S. The van der Waals surface area contributed by atoms with Crippen LogP contribution in [0.15, 0.2) is 59.8 Å². The molecule has 1 saturated heterocycles. The van der Waals surface area contributed by atoms with Crippen molar-refractivity contribution < 1.29 is 13.2 Å². The number of ether oxygens (including phenoxy) is 1. The fourth-order valence-electron chi connectivity index (χ4n) is 3.70. The molecule has 0 atom stereocenters. The van der Waals surface area contributed by atoms with Crippen molar-refractivity contribution in [1.82, 2.24) is 19.1 Å². The van der Waals surface area contributed by atoms with E-state index < -0.39 is 20.8 Å². The Balaban J connectivity index is 1.66. The van der Waals surface area contributed by atoms with Crippen LogP contribution >= 0.6 is 11.6 Å². The Hall–Kier alpha value is -2.95. The molecule has 1 aliphatic rings. The molecule has 3 aromatic rings. The van der Waals surface area contributed by atoms with Crippen molar-refractivity contribution in [2.75, 3.05) is 31.1 Å². The molecule has 0 amide bonds. The molecule has 1 aliphatic heterocycles. The van der Waals surface area contributed by atoms with Gasteiger partial charge in [-0.05, 0) is 38.1 Å². The number of rotatable bonds is 7. The average molecular weight is 504 g/mol. The standard InChI is InChI=1S/C23H26ClN5O4S/c1-17(2)34(31,32)28-11-9-27(10-12-28)21-15-26-29(20-7-3-6-19(24)13-20)23(30)22(21)33-16-18-5-4-8-25-14-18/h3-8,13-15,17H,9-12,16H2,1-2H3. The van der Waals surface area contributed by atoms with Crippen molar-refractivity contribution in [2.45, 2.75) is 25.7 Å². The highest BCUT2D eigenvalue weighted by molar-refractivity contribution is 7.89. The highest BCUT2D eigenvalue weighted by Crippen LogP contribution is 2.27. The van der Waals surface area contributed by atoms with Gasteiger partial charge in [-0.25, -0.2) is 8.42 Å². The third-order valence-corrected chi connectivity index (χ3v) is 8.12. The second-order valence-electron chi connectivity index (χ2n) is 8.19. The summed E-state index contributed by atoms with van der Waals surface area (Å²) in [5, 5.41) is 4.35. The van der Waals surface area contributed by atoms with Gasteiger partial charge in [-0.1, -0.05) is 23.7 Å². The molecule has 2 aromatic heterocycles. The molecule has 1 fully saturated rings. The minimum Gasteiger partial charge on any atom is -0.481 e. The largest absolute Gasteiger partial charge is 0.481 e. The number of halogens is 1. The lowest BCUT2D eigenvalue weighted by Crippen LogP contribution is -2.50. The maximum Gasteiger partial charge on any atom is 0.316 e. The first-order chi connectivity index (χ1) is 16.3. The topological polar surface area (TPSA) is 97.6 Å². The fraction of sp³-hybridized carbons (Fsp3) is 0.348. The zero-order valence-corrected chi connectivity index (χ0v) is 20.5. The van der Waals surface area contributed by atoms with Gasteiger partial charge in [0.05, 0.1) is 17.1 Å². The number of pyridine rings is 1. The van der Waals surface area contributed by atoms with Gasteiger partial charge in [0, 0.05) is 49.2 Å². The number of hydrogen-bond acceptors (Lipinski definition) is 7. The maximum absolute atomic E-state index is 13.5. The summed E-state index contributed by atoms with van der Waals surface area (Å²) in [6.07, 6.45) is 4.91. The van der Waals surface area contributed by atoms with E-state index >= 15 is 0 Å². The zero-order chi connectivity index (χ0) is 24.3. The minimum absolute atomic E-state index is 0.138. The summed E-state index contributed by atoms with van der Waals surface area (Å²) < 4.78 is 33.8. The van der Waals surface area contributed by atoms with Gasteiger partial charge in [0.2, 0.25) is 15.8 Å². The predicted octanol–water partition coefficient (Wildman–Crippen LogP) is 2.72. The van der Waals surface area contributed by atoms with Crippen LogP contribution in [0.4, 0.5) is 5.69 Å². The van der Waals surface area contributed by atoms with Gasteiger partial charge >= 0.3 is 5.56 Å². The van der Waals surface area contributed by atoms with Crippen LogP contribution in [-0.2, 0) is 16.6 Å². The molecular weight excluding hydrogens is 478 g/mol. The van der Waals surface area contributed by atoms with E-state index in [-0.39, 0.29) is 12.4 Å². The molecule has 11 heteroatoms. The number of nitrogens with zero attached hydrogens (tertiary/aromatic N) is 5. The highest BCUT2D eigenvalue weighted by atomic mass is 35.5. The summed E-state index contributed by atoms with van der Waals surface area (Å²) in [6.45, 7) is 4.96. The maximum atomic E-state index is 13.5. The van der Waals surface area contributed by atoms with E-state index in [1.54, 1.807) is 62.8 Å². The van der Waals surface area contributed by atoms with Crippen molar-refractivity contribution in [3.63, 3.8) is 0 Å². The Bertz CT molecular complexity index is 1310. The second-order valence-corrected chi connectivity index (χ2v) is 11.1. The lowest BCUT2D eigenvalue weighted by atomic mass is 10.2. The van der Waals surface area contributed by atoms with Gasteiger partial charge < -0.3 is 9.64 Å². The van der Waals surface area contributed by atoms with Gasteiger partial charge in [0.15, 0.2) is 0 Å². The molecule has 0 bridgehead atoms. The van der Waals surface area contributed by atoms with E-state index in [0.717, 1.165) is 5.56 Å². The van der Waals surface area contributed by atoms with Crippen molar-refractivity contribution in [3.8, 4) is 11.4 Å². The molecule has 1 aromatic carbocycles. The molecule has 0 saturated carbocycles. The summed E-state index contributed by atoms with van der Waals surface area (Å²) >= 11 is 6.11. The summed E-state index contributed by atoms with van der Waals surface area (Å²) in [6, 6.07) is 10.5. The fourth-order valence-corrected chi connectivity index (χ4v) is 5.16. The Kier molecular flexibility index (Phi) is 7.20. The normalized spacial score (nSPS) is 15.0. The van der Waals surface area contributed by atoms with Gasteiger partial charge in [-0.3, -0.25) is 9.78 Å². The first kappa shape index (κ1) is 24.2. The lowest BCUT2D eigenvalue weighted by molar-refractivity contribution is 0.297. The van der Waals surface area contributed by atoms with Crippen LogP contribution in [0.1, 0.15) is 19.4 Å². The predicted molar refractivity (Wildman–Crippen MR) is 131 cm³/mol. The molecule has 34 heavy (non-hydrogen) atoms. The third kappa shape index (κ3) is 5.08. The van der Waals surface area contributed by atoms with E-state index in [1.165, 1.54) is 8.99 Å². The number of piperazine rings is 1. The zero-order valence-electron chi connectivity index (χ0n) is 19.0. The quantitative estimate of drug-likeness (QED) is 0.489. The van der Waals surface area contributed by atoms with Crippen LogP contribution in [0.25, 0.3) is 5.69 Å². The molecule has 0 radical (unpaired) electrons. The second kappa shape index (κ2) is 10.1. The van der Waals surface area contributed by atoms with E-state index in [1.807, 2.05) is 11.0 Å². The van der Waals surface area contributed by atoms with Gasteiger partial charge in [-0.15, -0.1) is 0 Å².